The van der Waals surface area contributed by atoms with Crippen LogP contribution in [0, 0.1) is 6.92 Å². The van der Waals surface area contributed by atoms with Crippen molar-refractivity contribution in [3.05, 3.63) is 36.0 Å². The highest BCUT2D eigenvalue weighted by Gasteiger charge is 2.32. The number of fused-ring (bicyclic) bond motifs is 1. The summed E-state index contributed by atoms with van der Waals surface area (Å²) < 4.78 is 2.12. The number of hydrogen-bond acceptors (Lipinski definition) is 3. The van der Waals surface area contributed by atoms with Gasteiger partial charge in [-0.25, -0.2) is 4.98 Å². The summed E-state index contributed by atoms with van der Waals surface area (Å²) in [6, 6.07) is 8.34. The molecule has 0 spiro atoms. The van der Waals surface area contributed by atoms with E-state index in [1.165, 1.54) is 5.56 Å². The van der Waals surface area contributed by atoms with E-state index in [1.807, 2.05) is 4.90 Å². The standard InChI is InChI=1S/C18H22N4O/c1-13-5-7-14(8-6-13)16-12-21-10-3-11-22(18(21)20-16)17(23)15-4-2-9-19-15/h5-8,12,15,19H,2-4,9-11H2,1H3. The van der Waals surface area contributed by atoms with Gasteiger partial charge in [0.15, 0.2) is 0 Å². The number of aromatic nitrogens is 2. The predicted octanol–water partition coefficient (Wildman–Crippen LogP) is 2.35. The van der Waals surface area contributed by atoms with Gasteiger partial charge in [0.25, 0.3) is 0 Å². The normalized spacial score (nSPS) is 20.6. The average Bonchev–Trinajstić information content (AvgIpc) is 3.24. The quantitative estimate of drug-likeness (QED) is 0.926. The number of nitrogens with zero attached hydrogens (tertiary/aromatic N) is 3. The summed E-state index contributed by atoms with van der Waals surface area (Å²) in [5, 5.41) is 3.30. The van der Waals surface area contributed by atoms with Crippen LogP contribution in [0.25, 0.3) is 11.3 Å². The van der Waals surface area contributed by atoms with E-state index in [9.17, 15) is 4.79 Å². The molecule has 5 heteroatoms. The molecule has 4 rings (SSSR count). The second-order valence-corrected chi connectivity index (χ2v) is 6.48. The maximum atomic E-state index is 12.8. The van der Waals surface area contributed by atoms with Crippen LogP contribution in [0.1, 0.15) is 24.8 Å². The molecule has 0 aliphatic carbocycles. The van der Waals surface area contributed by atoms with Gasteiger partial charge in [0, 0.05) is 24.8 Å². The van der Waals surface area contributed by atoms with Crippen molar-refractivity contribution >= 4 is 11.9 Å². The summed E-state index contributed by atoms with van der Waals surface area (Å²) in [4.78, 5) is 19.4. The van der Waals surface area contributed by atoms with Crippen LogP contribution in [0.3, 0.4) is 0 Å². The molecule has 2 aromatic rings. The topological polar surface area (TPSA) is 50.2 Å². The molecular weight excluding hydrogens is 288 g/mol. The third-order valence-electron chi connectivity index (χ3n) is 4.75. The van der Waals surface area contributed by atoms with E-state index >= 15 is 0 Å². The third kappa shape index (κ3) is 2.65. The summed E-state index contributed by atoms with van der Waals surface area (Å²) in [6.07, 6.45) is 5.06. The molecule has 120 valence electrons. The Balaban J connectivity index is 1.65. The number of aryl methyl sites for hydroxylation is 2. The Hall–Kier alpha value is -2.14. The largest absolute Gasteiger partial charge is 0.316 e. The van der Waals surface area contributed by atoms with Crippen LogP contribution in [0.5, 0.6) is 0 Å². The van der Waals surface area contributed by atoms with Gasteiger partial charge < -0.3 is 9.88 Å². The zero-order chi connectivity index (χ0) is 15.8. The highest BCUT2D eigenvalue weighted by atomic mass is 16.2. The fourth-order valence-electron chi connectivity index (χ4n) is 3.44. The van der Waals surface area contributed by atoms with Crippen molar-refractivity contribution in [3.8, 4) is 11.3 Å². The number of hydrogen-bond donors (Lipinski definition) is 1. The van der Waals surface area contributed by atoms with E-state index in [-0.39, 0.29) is 11.9 Å². The van der Waals surface area contributed by atoms with Gasteiger partial charge in [0.1, 0.15) is 0 Å². The Labute approximate surface area is 136 Å². The molecule has 23 heavy (non-hydrogen) atoms. The van der Waals surface area contributed by atoms with Crippen molar-refractivity contribution in [1.29, 1.82) is 0 Å². The second kappa shape index (κ2) is 5.81. The van der Waals surface area contributed by atoms with Crippen LogP contribution < -0.4 is 10.2 Å². The van der Waals surface area contributed by atoms with Gasteiger partial charge in [0.2, 0.25) is 11.9 Å². The first-order valence-electron chi connectivity index (χ1n) is 8.41. The van der Waals surface area contributed by atoms with E-state index in [0.29, 0.717) is 0 Å². The first kappa shape index (κ1) is 14.5. The summed E-state index contributed by atoms with van der Waals surface area (Å²) in [5.74, 6) is 0.968. The average molecular weight is 310 g/mol. The number of nitrogens with one attached hydrogen (secondary N) is 1. The van der Waals surface area contributed by atoms with Gasteiger partial charge in [-0.3, -0.25) is 9.69 Å². The highest BCUT2D eigenvalue weighted by molar-refractivity contribution is 5.96. The lowest BCUT2D eigenvalue weighted by molar-refractivity contribution is -0.120. The van der Waals surface area contributed by atoms with Crippen LogP contribution in [-0.4, -0.2) is 34.6 Å². The summed E-state index contributed by atoms with van der Waals surface area (Å²) >= 11 is 0. The SMILES string of the molecule is Cc1ccc(-c2cn3c(n2)N(C(=O)C2CCCN2)CCC3)cc1. The fourth-order valence-corrected chi connectivity index (χ4v) is 3.44. The van der Waals surface area contributed by atoms with E-state index in [2.05, 4.69) is 47.3 Å². The van der Waals surface area contributed by atoms with Crippen molar-refractivity contribution in [2.24, 2.45) is 0 Å². The molecule has 1 fully saturated rings. The molecule has 1 amide bonds. The summed E-state index contributed by atoms with van der Waals surface area (Å²) in [5.41, 5.74) is 3.28. The molecule has 3 heterocycles. The van der Waals surface area contributed by atoms with E-state index in [1.54, 1.807) is 0 Å². The Kier molecular flexibility index (Phi) is 3.65. The van der Waals surface area contributed by atoms with E-state index < -0.39 is 0 Å². The number of imidazole rings is 1. The van der Waals surface area contributed by atoms with Crippen LogP contribution in [0.15, 0.2) is 30.5 Å². The van der Waals surface area contributed by atoms with Crippen LogP contribution >= 0.6 is 0 Å². The Morgan fingerprint density at radius 2 is 2.04 bits per heavy atom. The molecular formula is C18H22N4O. The van der Waals surface area contributed by atoms with Crippen molar-refractivity contribution in [2.45, 2.75) is 38.8 Å². The van der Waals surface area contributed by atoms with Gasteiger partial charge in [0.05, 0.1) is 11.7 Å². The molecule has 2 aliphatic rings. The first-order valence-corrected chi connectivity index (χ1v) is 8.41. The fraction of sp³-hybridized carbons (Fsp3) is 0.444. The number of carbonyl (C=O) groups is 1. The maximum Gasteiger partial charge on any atom is 0.246 e. The number of rotatable bonds is 2. The van der Waals surface area contributed by atoms with Gasteiger partial charge in [-0.05, 0) is 32.7 Å². The molecule has 5 nitrogen and oxygen atoms in total. The highest BCUT2D eigenvalue weighted by Crippen LogP contribution is 2.27. The molecule has 1 aromatic carbocycles. The van der Waals surface area contributed by atoms with Gasteiger partial charge >= 0.3 is 0 Å². The van der Waals surface area contributed by atoms with E-state index in [0.717, 1.165) is 56.1 Å². The van der Waals surface area contributed by atoms with Gasteiger partial charge in [-0.15, -0.1) is 0 Å². The molecule has 1 N–H and O–H groups in total. The predicted molar refractivity (Wildman–Crippen MR) is 90.4 cm³/mol. The van der Waals surface area contributed by atoms with Gasteiger partial charge in [-0.1, -0.05) is 29.8 Å². The lowest BCUT2D eigenvalue weighted by atomic mass is 10.1. The van der Waals surface area contributed by atoms with Crippen LogP contribution in [0.4, 0.5) is 5.95 Å². The number of anilines is 1. The lowest BCUT2D eigenvalue weighted by Gasteiger charge is -2.29. The first-order chi connectivity index (χ1) is 11.2. The minimum atomic E-state index is -0.0407. The Bertz CT molecular complexity index is 713. The molecule has 1 atom stereocenters. The summed E-state index contributed by atoms with van der Waals surface area (Å²) in [6.45, 7) is 4.71. The van der Waals surface area contributed by atoms with Crippen molar-refractivity contribution in [3.63, 3.8) is 0 Å². The molecule has 1 saturated heterocycles. The minimum Gasteiger partial charge on any atom is -0.316 e. The Morgan fingerprint density at radius 3 is 2.78 bits per heavy atom. The molecule has 0 radical (unpaired) electrons. The monoisotopic (exact) mass is 310 g/mol. The summed E-state index contributed by atoms with van der Waals surface area (Å²) in [7, 11) is 0. The zero-order valence-electron chi connectivity index (χ0n) is 13.5. The van der Waals surface area contributed by atoms with E-state index in [4.69, 9.17) is 4.98 Å². The van der Waals surface area contributed by atoms with Gasteiger partial charge in [-0.2, -0.15) is 0 Å². The zero-order valence-corrected chi connectivity index (χ0v) is 13.5. The number of carbonyl (C=O) groups excluding carboxylic acids is 1. The Morgan fingerprint density at radius 1 is 1.22 bits per heavy atom. The second-order valence-electron chi connectivity index (χ2n) is 6.48. The molecule has 2 aliphatic heterocycles. The maximum absolute atomic E-state index is 12.8. The lowest BCUT2D eigenvalue weighted by Crippen LogP contribution is -2.47. The van der Waals surface area contributed by atoms with Crippen LogP contribution in [0.2, 0.25) is 0 Å². The third-order valence-corrected chi connectivity index (χ3v) is 4.75. The molecule has 0 saturated carbocycles. The number of amides is 1. The molecule has 1 unspecified atom stereocenters. The smallest absolute Gasteiger partial charge is 0.246 e. The van der Waals surface area contributed by atoms with Crippen molar-refractivity contribution in [2.75, 3.05) is 18.0 Å². The van der Waals surface area contributed by atoms with Crippen molar-refractivity contribution in [1.82, 2.24) is 14.9 Å². The minimum absolute atomic E-state index is 0.0407. The van der Waals surface area contributed by atoms with Crippen LogP contribution in [-0.2, 0) is 11.3 Å². The molecule has 1 aromatic heterocycles. The number of benzene rings is 1. The van der Waals surface area contributed by atoms with Crippen molar-refractivity contribution < 1.29 is 4.79 Å². The molecule has 0 bridgehead atoms.